The molecule has 3 heteroatoms. The van der Waals surface area contributed by atoms with Crippen LogP contribution in [0.25, 0.3) is 0 Å². The van der Waals surface area contributed by atoms with Gasteiger partial charge in [-0.2, -0.15) is 0 Å². The van der Waals surface area contributed by atoms with Crippen LogP contribution >= 0.6 is 0 Å². The monoisotopic (exact) mass is 177 g/mol. The lowest BCUT2D eigenvalue weighted by Gasteiger charge is -2.21. The molecule has 1 heterocycles. The lowest BCUT2D eigenvalue weighted by Crippen LogP contribution is -2.22. The Bertz CT molecular complexity index is 360. The maximum absolute atomic E-state index is 9.61. The number of rotatable bonds is 0. The van der Waals surface area contributed by atoms with Gasteiger partial charge in [-0.25, -0.2) is 0 Å². The third-order valence-electron chi connectivity index (χ3n) is 2.27. The third kappa shape index (κ3) is 1.26. The van der Waals surface area contributed by atoms with Crippen molar-refractivity contribution < 1.29 is 10.2 Å². The van der Waals surface area contributed by atoms with E-state index in [0.717, 1.165) is 11.3 Å². The molecule has 0 saturated carbocycles. The van der Waals surface area contributed by atoms with Crippen LogP contribution < -0.4 is 0 Å². The number of para-hydroxylation sites is 1. The van der Waals surface area contributed by atoms with E-state index < -0.39 is 12.2 Å². The molecule has 0 spiro atoms. The molecule has 0 unspecified atom stereocenters. The molecule has 2 atom stereocenters. The van der Waals surface area contributed by atoms with Gasteiger partial charge < -0.3 is 10.2 Å². The van der Waals surface area contributed by atoms with Crippen molar-refractivity contribution in [1.82, 2.24) is 0 Å². The summed E-state index contributed by atoms with van der Waals surface area (Å²) in [7, 11) is 0. The summed E-state index contributed by atoms with van der Waals surface area (Å²) in [5.41, 5.74) is 2.50. The van der Waals surface area contributed by atoms with Gasteiger partial charge >= 0.3 is 0 Å². The first-order chi connectivity index (χ1) is 6.20. The van der Waals surface area contributed by atoms with Crippen molar-refractivity contribution in [2.75, 3.05) is 0 Å². The molecule has 2 rings (SSSR count). The topological polar surface area (TPSA) is 52.8 Å². The van der Waals surface area contributed by atoms with E-state index in [0.29, 0.717) is 5.56 Å². The number of fused-ring (bicyclic) bond motifs is 1. The van der Waals surface area contributed by atoms with Crippen molar-refractivity contribution in [2.24, 2.45) is 4.99 Å². The molecule has 0 aliphatic carbocycles. The van der Waals surface area contributed by atoms with E-state index >= 15 is 0 Å². The fourth-order valence-electron chi connectivity index (χ4n) is 1.51. The van der Waals surface area contributed by atoms with E-state index in [1.165, 1.54) is 6.21 Å². The molecule has 0 aromatic heterocycles. The van der Waals surface area contributed by atoms with Gasteiger partial charge in [-0.15, -0.1) is 0 Å². The molecule has 0 radical (unpaired) electrons. The zero-order valence-electron chi connectivity index (χ0n) is 7.31. The van der Waals surface area contributed by atoms with Crippen LogP contribution in [-0.2, 0) is 0 Å². The van der Waals surface area contributed by atoms with E-state index in [-0.39, 0.29) is 0 Å². The van der Waals surface area contributed by atoms with E-state index in [1.807, 2.05) is 19.1 Å². The number of aliphatic hydroxyl groups is 2. The van der Waals surface area contributed by atoms with Crippen LogP contribution in [-0.4, -0.2) is 22.5 Å². The molecular formula is C10H11NO2. The Morgan fingerprint density at radius 3 is 2.85 bits per heavy atom. The van der Waals surface area contributed by atoms with Crippen molar-refractivity contribution >= 4 is 11.9 Å². The van der Waals surface area contributed by atoms with Crippen molar-refractivity contribution in [1.29, 1.82) is 0 Å². The minimum Gasteiger partial charge on any atom is -0.385 e. The van der Waals surface area contributed by atoms with Crippen molar-refractivity contribution in [3.63, 3.8) is 0 Å². The molecule has 1 aliphatic heterocycles. The summed E-state index contributed by atoms with van der Waals surface area (Å²) in [4.78, 5) is 4.09. The molecule has 1 aromatic carbocycles. The summed E-state index contributed by atoms with van der Waals surface area (Å²) in [6, 6.07) is 5.57. The highest BCUT2D eigenvalue weighted by Gasteiger charge is 2.23. The Hall–Kier alpha value is -1.19. The fraction of sp³-hybridized carbons (Fsp3) is 0.300. The molecule has 1 aliphatic rings. The fourth-order valence-corrected chi connectivity index (χ4v) is 1.51. The minimum atomic E-state index is -0.880. The van der Waals surface area contributed by atoms with Gasteiger partial charge in [-0.1, -0.05) is 18.2 Å². The molecule has 0 bridgehead atoms. The summed E-state index contributed by atoms with van der Waals surface area (Å²) in [5.74, 6) is 0. The van der Waals surface area contributed by atoms with Crippen LogP contribution in [0.5, 0.6) is 0 Å². The zero-order valence-corrected chi connectivity index (χ0v) is 7.31. The second-order valence-corrected chi connectivity index (χ2v) is 3.23. The summed E-state index contributed by atoms with van der Waals surface area (Å²) in [5, 5.41) is 18.9. The summed E-state index contributed by atoms with van der Waals surface area (Å²) in [6.07, 6.45) is -0.346. The number of benzene rings is 1. The Labute approximate surface area is 76.4 Å². The molecule has 0 fully saturated rings. The number of aryl methyl sites for hydroxylation is 1. The molecule has 2 N–H and O–H groups in total. The molecule has 13 heavy (non-hydrogen) atoms. The van der Waals surface area contributed by atoms with Crippen molar-refractivity contribution in [3.05, 3.63) is 29.3 Å². The van der Waals surface area contributed by atoms with Gasteiger partial charge in [0.25, 0.3) is 0 Å². The first-order valence-electron chi connectivity index (χ1n) is 4.20. The van der Waals surface area contributed by atoms with Gasteiger partial charge in [-0.3, -0.25) is 4.99 Å². The summed E-state index contributed by atoms with van der Waals surface area (Å²) < 4.78 is 0. The Morgan fingerprint density at radius 1 is 1.31 bits per heavy atom. The predicted octanol–water partition coefficient (Wildman–Crippen LogP) is 1.11. The predicted molar refractivity (Wildman–Crippen MR) is 50.3 cm³/mol. The van der Waals surface area contributed by atoms with Gasteiger partial charge in [0.15, 0.2) is 0 Å². The van der Waals surface area contributed by atoms with Crippen molar-refractivity contribution in [2.45, 2.75) is 19.1 Å². The van der Waals surface area contributed by atoms with Gasteiger partial charge in [0, 0.05) is 11.8 Å². The SMILES string of the molecule is Cc1cccc2c1N=C[C@H](O)[C@H]2O. The quantitative estimate of drug-likeness (QED) is 0.623. The van der Waals surface area contributed by atoms with E-state index in [9.17, 15) is 10.2 Å². The maximum Gasteiger partial charge on any atom is 0.119 e. The molecule has 68 valence electrons. The average Bonchev–Trinajstić information content (AvgIpc) is 2.12. The van der Waals surface area contributed by atoms with Gasteiger partial charge in [0.2, 0.25) is 0 Å². The number of hydrogen-bond acceptors (Lipinski definition) is 3. The highest BCUT2D eigenvalue weighted by atomic mass is 16.3. The Morgan fingerprint density at radius 2 is 2.08 bits per heavy atom. The molecule has 1 aromatic rings. The van der Waals surface area contributed by atoms with Crippen LogP contribution in [0.2, 0.25) is 0 Å². The zero-order chi connectivity index (χ0) is 9.42. The minimum absolute atomic E-state index is 0.704. The second-order valence-electron chi connectivity index (χ2n) is 3.23. The molecule has 0 saturated heterocycles. The van der Waals surface area contributed by atoms with Gasteiger partial charge in [0.1, 0.15) is 12.2 Å². The lowest BCUT2D eigenvalue weighted by atomic mass is 9.98. The van der Waals surface area contributed by atoms with Crippen LogP contribution in [0.15, 0.2) is 23.2 Å². The van der Waals surface area contributed by atoms with E-state index in [2.05, 4.69) is 4.99 Å². The average molecular weight is 177 g/mol. The van der Waals surface area contributed by atoms with E-state index in [4.69, 9.17) is 0 Å². The normalized spacial score (nSPS) is 25.8. The smallest absolute Gasteiger partial charge is 0.119 e. The van der Waals surface area contributed by atoms with Crippen LogP contribution in [0, 0.1) is 6.92 Å². The Balaban J connectivity index is 2.58. The van der Waals surface area contributed by atoms with Crippen LogP contribution in [0.3, 0.4) is 0 Å². The van der Waals surface area contributed by atoms with Crippen molar-refractivity contribution in [3.8, 4) is 0 Å². The standard InChI is InChI=1S/C10H11NO2/c1-6-3-2-4-7-9(6)11-5-8(12)10(7)13/h2-5,8,10,12-13H,1H3/t8-,10-/m0/s1. The summed E-state index contributed by atoms with van der Waals surface area (Å²) in [6.45, 7) is 1.93. The Kier molecular flexibility index (Phi) is 1.90. The van der Waals surface area contributed by atoms with Gasteiger partial charge in [0.05, 0.1) is 5.69 Å². The number of aliphatic imine (C=N–C) groups is 1. The van der Waals surface area contributed by atoms with Crippen LogP contribution in [0.4, 0.5) is 5.69 Å². The maximum atomic E-state index is 9.61. The van der Waals surface area contributed by atoms with E-state index in [1.54, 1.807) is 6.07 Å². The highest BCUT2D eigenvalue weighted by Crippen LogP contribution is 2.33. The van der Waals surface area contributed by atoms with Gasteiger partial charge in [-0.05, 0) is 12.5 Å². The molecule has 3 nitrogen and oxygen atoms in total. The first-order valence-corrected chi connectivity index (χ1v) is 4.20. The molecular weight excluding hydrogens is 166 g/mol. The third-order valence-corrected chi connectivity index (χ3v) is 2.27. The number of hydrogen-bond donors (Lipinski definition) is 2. The lowest BCUT2D eigenvalue weighted by molar-refractivity contribution is 0.0613. The van der Waals surface area contributed by atoms with Crippen LogP contribution in [0.1, 0.15) is 17.2 Å². The number of nitrogens with zero attached hydrogens (tertiary/aromatic N) is 1. The first kappa shape index (κ1) is 8.41. The summed E-state index contributed by atoms with van der Waals surface area (Å²) >= 11 is 0. The number of aliphatic hydroxyl groups excluding tert-OH is 2. The second kappa shape index (κ2) is 2.94. The molecule has 0 amide bonds. The largest absolute Gasteiger partial charge is 0.385 e. The highest BCUT2D eigenvalue weighted by molar-refractivity contribution is 5.75.